The number of nitrogens with zero attached hydrogens (tertiary/aromatic N) is 1. The summed E-state index contributed by atoms with van der Waals surface area (Å²) < 4.78 is 5.20. The smallest absolute Gasteiger partial charge is 0.193 e. The first-order valence-electron chi connectivity index (χ1n) is 8.38. The summed E-state index contributed by atoms with van der Waals surface area (Å²) in [7, 11) is 1.68. The Balaban J connectivity index is 0.00000243. The molecule has 0 radical (unpaired) electrons. The first-order valence-corrected chi connectivity index (χ1v) is 8.38. The van der Waals surface area contributed by atoms with E-state index in [1.807, 2.05) is 24.3 Å². The van der Waals surface area contributed by atoms with Crippen LogP contribution < -0.4 is 11.1 Å². The van der Waals surface area contributed by atoms with E-state index in [4.69, 9.17) is 10.5 Å². The van der Waals surface area contributed by atoms with E-state index < -0.39 is 0 Å². The van der Waals surface area contributed by atoms with Crippen LogP contribution in [0.5, 0.6) is 0 Å². The lowest BCUT2D eigenvalue weighted by molar-refractivity contribution is 0.185. The Kier molecular flexibility index (Phi) is 7.87. The van der Waals surface area contributed by atoms with Gasteiger partial charge in [-0.05, 0) is 28.8 Å². The van der Waals surface area contributed by atoms with Gasteiger partial charge in [-0.1, -0.05) is 60.7 Å². The van der Waals surface area contributed by atoms with Crippen LogP contribution >= 0.6 is 24.0 Å². The van der Waals surface area contributed by atoms with Crippen LogP contribution in [0.1, 0.15) is 11.1 Å². The molecule has 0 unspecified atom stereocenters. The maximum atomic E-state index is 6.02. The summed E-state index contributed by atoms with van der Waals surface area (Å²) in [6.07, 6.45) is 0.854. The highest BCUT2D eigenvalue weighted by molar-refractivity contribution is 14.0. The van der Waals surface area contributed by atoms with Crippen molar-refractivity contribution in [3.8, 4) is 0 Å². The monoisotopic (exact) mass is 461 g/mol. The van der Waals surface area contributed by atoms with Crippen molar-refractivity contribution in [2.75, 3.05) is 19.0 Å². The topological polar surface area (TPSA) is 59.6 Å². The summed E-state index contributed by atoms with van der Waals surface area (Å²) in [5, 5.41) is 5.67. The van der Waals surface area contributed by atoms with E-state index in [1.54, 1.807) is 7.11 Å². The van der Waals surface area contributed by atoms with Gasteiger partial charge >= 0.3 is 0 Å². The molecule has 3 aromatic rings. The van der Waals surface area contributed by atoms with Crippen LogP contribution in [0.15, 0.2) is 71.7 Å². The molecule has 0 aliphatic heterocycles. The van der Waals surface area contributed by atoms with Crippen molar-refractivity contribution < 1.29 is 4.74 Å². The Morgan fingerprint density at radius 2 is 1.73 bits per heavy atom. The third-order valence-electron chi connectivity index (χ3n) is 4.08. The van der Waals surface area contributed by atoms with E-state index in [2.05, 4.69) is 52.8 Å². The van der Waals surface area contributed by atoms with Gasteiger partial charge < -0.3 is 15.8 Å². The number of hydrogen-bond donors (Lipinski definition) is 2. The van der Waals surface area contributed by atoms with E-state index in [0.29, 0.717) is 19.1 Å². The Bertz CT molecular complexity index is 880. The minimum absolute atomic E-state index is 0. The quantitative estimate of drug-likeness (QED) is 0.321. The van der Waals surface area contributed by atoms with Crippen LogP contribution in [0.25, 0.3) is 10.8 Å². The van der Waals surface area contributed by atoms with Crippen LogP contribution in [0, 0.1) is 0 Å². The molecule has 0 fully saturated rings. The van der Waals surface area contributed by atoms with Crippen LogP contribution in [0.2, 0.25) is 0 Å². The zero-order valence-corrected chi connectivity index (χ0v) is 17.1. The molecule has 0 spiro atoms. The first kappa shape index (κ1) is 20.2. The van der Waals surface area contributed by atoms with Crippen LogP contribution in [-0.2, 0) is 17.8 Å². The summed E-state index contributed by atoms with van der Waals surface area (Å²) in [5.41, 5.74) is 9.26. The fourth-order valence-corrected chi connectivity index (χ4v) is 2.80. The summed E-state index contributed by atoms with van der Waals surface area (Å²) >= 11 is 0. The predicted molar refractivity (Wildman–Crippen MR) is 120 cm³/mol. The average Bonchev–Trinajstić information content (AvgIpc) is 2.63. The van der Waals surface area contributed by atoms with Gasteiger partial charge in [0, 0.05) is 24.9 Å². The van der Waals surface area contributed by atoms with Gasteiger partial charge in [-0.25, -0.2) is 0 Å². The Labute approximate surface area is 171 Å². The summed E-state index contributed by atoms with van der Waals surface area (Å²) in [6.45, 7) is 1.18. The number of fused-ring (bicyclic) bond motifs is 1. The predicted octanol–water partition coefficient (Wildman–Crippen LogP) is 4.57. The van der Waals surface area contributed by atoms with Crippen molar-refractivity contribution in [3.05, 3.63) is 77.9 Å². The number of anilines is 1. The summed E-state index contributed by atoms with van der Waals surface area (Å²) in [4.78, 5) is 4.44. The number of hydrogen-bond acceptors (Lipinski definition) is 2. The standard InChI is InChI=1S/C21H23N3O.HI/c1-25-15-19-8-4-5-9-20(19)24-21(22)23-13-12-16-10-11-17-6-2-3-7-18(17)14-16;/h2-11,14H,12-13,15H2,1H3,(H3,22,23,24);1H. The molecular formula is C21H24IN3O. The lowest BCUT2D eigenvalue weighted by atomic mass is 10.1. The van der Waals surface area contributed by atoms with Gasteiger partial charge in [-0.3, -0.25) is 4.99 Å². The number of aliphatic imine (C=N–C) groups is 1. The van der Waals surface area contributed by atoms with Crippen LogP contribution in [0.4, 0.5) is 5.69 Å². The van der Waals surface area contributed by atoms with Gasteiger partial charge in [-0.2, -0.15) is 0 Å². The van der Waals surface area contributed by atoms with Crippen LogP contribution in [0.3, 0.4) is 0 Å². The average molecular weight is 461 g/mol. The second kappa shape index (κ2) is 10.1. The number of para-hydroxylation sites is 1. The van der Waals surface area contributed by atoms with Crippen molar-refractivity contribution in [2.24, 2.45) is 10.7 Å². The molecule has 0 heterocycles. The molecule has 0 aliphatic carbocycles. The largest absolute Gasteiger partial charge is 0.380 e. The zero-order chi connectivity index (χ0) is 17.5. The molecule has 136 valence electrons. The Hall–Kier alpha value is -2.12. The van der Waals surface area contributed by atoms with E-state index in [-0.39, 0.29) is 24.0 Å². The number of nitrogens with one attached hydrogen (secondary N) is 1. The molecule has 0 amide bonds. The normalized spacial score (nSPS) is 11.2. The van der Waals surface area contributed by atoms with Crippen molar-refractivity contribution in [2.45, 2.75) is 13.0 Å². The van der Waals surface area contributed by atoms with Gasteiger partial charge in [-0.15, -0.1) is 24.0 Å². The minimum atomic E-state index is 0. The van der Waals surface area contributed by atoms with Crippen molar-refractivity contribution in [1.82, 2.24) is 0 Å². The third kappa shape index (κ3) is 5.44. The van der Waals surface area contributed by atoms with Gasteiger partial charge in [0.1, 0.15) is 0 Å². The third-order valence-corrected chi connectivity index (χ3v) is 4.08. The summed E-state index contributed by atoms with van der Waals surface area (Å²) in [6, 6.07) is 22.8. The molecule has 3 rings (SSSR count). The SMILES string of the molecule is COCc1ccccc1NC(N)=NCCc1ccc2ccccc2c1.I. The Morgan fingerprint density at radius 3 is 2.54 bits per heavy atom. The van der Waals surface area contributed by atoms with Gasteiger partial charge in [0.05, 0.1) is 6.61 Å². The molecule has 0 aliphatic rings. The number of halogens is 1. The molecule has 4 nitrogen and oxygen atoms in total. The van der Waals surface area contributed by atoms with E-state index in [9.17, 15) is 0 Å². The molecule has 0 saturated carbocycles. The molecule has 3 N–H and O–H groups in total. The summed E-state index contributed by atoms with van der Waals surface area (Å²) in [5.74, 6) is 0.421. The second-order valence-corrected chi connectivity index (χ2v) is 5.91. The number of benzene rings is 3. The van der Waals surface area contributed by atoms with Gasteiger partial charge in [0.15, 0.2) is 5.96 Å². The molecule has 3 aromatic carbocycles. The number of methoxy groups -OCH3 is 1. The number of rotatable bonds is 6. The van der Waals surface area contributed by atoms with Crippen molar-refractivity contribution in [1.29, 1.82) is 0 Å². The van der Waals surface area contributed by atoms with E-state index >= 15 is 0 Å². The number of nitrogens with two attached hydrogens (primary N) is 1. The lowest BCUT2D eigenvalue weighted by Crippen LogP contribution is -2.23. The molecule has 0 atom stereocenters. The fraction of sp³-hybridized carbons (Fsp3) is 0.190. The molecular weight excluding hydrogens is 437 g/mol. The maximum Gasteiger partial charge on any atom is 0.193 e. The van der Waals surface area contributed by atoms with E-state index in [0.717, 1.165) is 17.7 Å². The Morgan fingerprint density at radius 1 is 1.00 bits per heavy atom. The molecule has 0 aromatic heterocycles. The molecule has 0 saturated heterocycles. The lowest BCUT2D eigenvalue weighted by Gasteiger charge is -2.11. The zero-order valence-electron chi connectivity index (χ0n) is 14.8. The van der Waals surface area contributed by atoms with Gasteiger partial charge in [0.2, 0.25) is 0 Å². The first-order chi connectivity index (χ1) is 12.3. The highest BCUT2D eigenvalue weighted by Crippen LogP contribution is 2.17. The number of guanidine groups is 1. The highest BCUT2D eigenvalue weighted by Gasteiger charge is 2.02. The van der Waals surface area contributed by atoms with Crippen LogP contribution in [-0.4, -0.2) is 19.6 Å². The van der Waals surface area contributed by atoms with Crippen molar-refractivity contribution >= 4 is 46.4 Å². The molecule has 26 heavy (non-hydrogen) atoms. The maximum absolute atomic E-state index is 6.02. The molecule has 5 heteroatoms. The highest BCUT2D eigenvalue weighted by atomic mass is 127. The second-order valence-electron chi connectivity index (χ2n) is 5.91. The van der Waals surface area contributed by atoms with Crippen molar-refractivity contribution in [3.63, 3.8) is 0 Å². The number of ether oxygens (including phenoxy) is 1. The fourth-order valence-electron chi connectivity index (χ4n) is 2.80. The minimum Gasteiger partial charge on any atom is -0.380 e. The van der Waals surface area contributed by atoms with E-state index in [1.165, 1.54) is 16.3 Å². The molecule has 0 bridgehead atoms. The van der Waals surface area contributed by atoms with Gasteiger partial charge in [0.25, 0.3) is 0 Å².